The molecule has 128 valence electrons. The summed E-state index contributed by atoms with van der Waals surface area (Å²) in [5, 5.41) is 12.1. The molecule has 0 saturated carbocycles. The van der Waals surface area contributed by atoms with Crippen LogP contribution >= 0.6 is 0 Å². The van der Waals surface area contributed by atoms with Gasteiger partial charge < -0.3 is 15.3 Å². The van der Waals surface area contributed by atoms with E-state index in [-0.39, 0.29) is 12.5 Å². The van der Waals surface area contributed by atoms with Crippen LogP contribution in [-0.4, -0.2) is 96.8 Å². The maximum Gasteiger partial charge on any atom is 0.234 e. The summed E-state index contributed by atoms with van der Waals surface area (Å²) in [6.07, 6.45) is 2.13. The SMILES string of the molecule is CC(C)N1CCC(NC(=O)CN2CCN(CCO)CC2)CC1. The number of amides is 1. The van der Waals surface area contributed by atoms with Crippen molar-refractivity contribution in [3.63, 3.8) is 0 Å². The molecule has 22 heavy (non-hydrogen) atoms. The van der Waals surface area contributed by atoms with Gasteiger partial charge in [-0.15, -0.1) is 0 Å². The van der Waals surface area contributed by atoms with E-state index in [1.165, 1.54) is 0 Å². The van der Waals surface area contributed by atoms with Gasteiger partial charge >= 0.3 is 0 Å². The Bertz CT molecular complexity index is 335. The number of likely N-dealkylation sites (tertiary alicyclic amines) is 1. The van der Waals surface area contributed by atoms with Gasteiger partial charge in [0, 0.05) is 57.9 Å². The van der Waals surface area contributed by atoms with Crippen LogP contribution in [-0.2, 0) is 4.79 Å². The Balaban J connectivity index is 1.63. The molecule has 0 radical (unpaired) electrons. The van der Waals surface area contributed by atoms with Gasteiger partial charge in [0.1, 0.15) is 0 Å². The van der Waals surface area contributed by atoms with Crippen molar-refractivity contribution in [1.29, 1.82) is 0 Å². The third kappa shape index (κ3) is 5.50. The maximum absolute atomic E-state index is 12.2. The Labute approximate surface area is 134 Å². The second kappa shape index (κ2) is 8.82. The van der Waals surface area contributed by atoms with Crippen molar-refractivity contribution >= 4 is 5.91 Å². The van der Waals surface area contributed by atoms with Crippen molar-refractivity contribution in [3.05, 3.63) is 0 Å². The summed E-state index contributed by atoms with van der Waals surface area (Å²) in [5.41, 5.74) is 0. The number of carbonyl (C=O) groups excluding carboxylic acids is 1. The van der Waals surface area contributed by atoms with E-state index < -0.39 is 0 Å². The minimum absolute atomic E-state index is 0.165. The number of hydrogen-bond donors (Lipinski definition) is 2. The van der Waals surface area contributed by atoms with Gasteiger partial charge in [-0.1, -0.05) is 0 Å². The van der Waals surface area contributed by atoms with Gasteiger partial charge in [-0.3, -0.25) is 14.6 Å². The van der Waals surface area contributed by atoms with Crippen LogP contribution in [0.4, 0.5) is 0 Å². The van der Waals surface area contributed by atoms with E-state index in [0.29, 0.717) is 18.6 Å². The van der Waals surface area contributed by atoms with Crippen LogP contribution < -0.4 is 5.32 Å². The third-order valence-corrected chi connectivity index (χ3v) is 4.87. The summed E-state index contributed by atoms with van der Waals surface area (Å²) in [6.45, 7) is 11.8. The Morgan fingerprint density at radius 2 is 1.68 bits per heavy atom. The first-order valence-electron chi connectivity index (χ1n) is 8.67. The molecular weight excluding hydrogens is 280 g/mol. The first kappa shape index (κ1) is 17.7. The standard InChI is InChI=1S/C16H32N4O2/c1-14(2)20-5-3-15(4-6-20)17-16(22)13-19-9-7-18(8-10-19)11-12-21/h14-15,21H,3-13H2,1-2H3,(H,17,22). The monoisotopic (exact) mass is 312 g/mol. The van der Waals surface area contributed by atoms with Gasteiger partial charge in [0.2, 0.25) is 5.91 Å². The van der Waals surface area contributed by atoms with Crippen molar-refractivity contribution in [2.24, 2.45) is 0 Å². The Hall–Kier alpha value is -0.690. The molecule has 6 heteroatoms. The molecule has 2 heterocycles. The summed E-state index contributed by atoms with van der Waals surface area (Å²) in [7, 11) is 0. The van der Waals surface area contributed by atoms with Gasteiger partial charge in [-0.05, 0) is 26.7 Å². The van der Waals surface area contributed by atoms with Crippen LogP contribution in [0.2, 0.25) is 0 Å². The predicted molar refractivity (Wildman–Crippen MR) is 87.8 cm³/mol. The molecule has 0 aliphatic carbocycles. The number of piperazine rings is 1. The minimum atomic E-state index is 0.165. The molecule has 1 amide bonds. The highest BCUT2D eigenvalue weighted by Crippen LogP contribution is 2.13. The van der Waals surface area contributed by atoms with Crippen LogP contribution in [0.5, 0.6) is 0 Å². The van der Waals surface area contributed by atoms with Crippen molar-refractivity contribution in [2.45, 2.75) is 38.8 Å². The third-order valence-electron chi connectivity index (χ3n) is 4.87. The number of carbonyl (C=O) groups is 1. The molecule has 6 nitrogen and oxygen atoms in total. The van der Waals surface area contributed by atoms with Gasteiger partial charge in [-0.2, -0.15) is 0 Å². The van der Waals surface area contributed by atoms with Crippen LogP contribution in [0.1, 0.15) is 26.7 Å². The van der Waals surface area contributed by atoms with Crippen molar-refractivity contribution < 1.29 is 9.90 Å². The number of aliphatic hydroxyl groups excluding tert-OH is 1. The molecule has 2 rings (SSSR count). The van der Waals surface area contributed by atoms with Gasteiger partial charge in [-0.25, -0.2) is 0 Å². The lowest BCUT2D eigenvalue weighted by atomic mass is 10.0. The highest BCUT2D eigenvalue weighted by atomic mass is 16.3. The molecule has 2 fully saturated rings. The largest absolute Gasteiger partial charge is 0.395 e. The topological polar surface area (TPSA) is 59.1 Å². The van der Waals surface area contributed by atoms with E-state index in [9.17, 15) is 4.79 Å². The lowest BCUT2D eigenvalue weighted by Gasteiger charge is -2.36. The van der Waals surface area contributed by atoms with Gasteiger partial charge in [0.15, 0.2) is 0 Å². The van der Waals surface area contributed by atoms with Crippen molar-refractivity contribution in [3.8, 4) is 0 Å². The van der Waals surface area contributed by atoms with Crippen LogP contribution in [0.3, 0.4) is 0 Å². The second-order valence-electron chi connectivity index (χ2n) is 6.81. The molecule has 0 aromatic heterocycles. The summed E-state index contributed by atoms with van der Waals surface area (Å²) >= 11 is 0. The van der Waals surface area contributed by atoms with Gasteiger partial charge in [0.25, 0.3) is 0 Å². The number of piperidine rings is 1. The molecule has 0 bridgehead atoms. The van der Waals surface area contributed by atoms with E-state index in [1.807, 2.05) is 0 Å². The molecule has 2 aliphatic rings. The van der Waals surface area contributed by atoms with E-state index in [1.54, 1.807) is 0 Å². The summed E-state index contributed by atoms with van der Waals surface area (Å²) in [5.74, 6) is 0.165. The molecule has 2 saturated heterocycles. The quantitative estimate of drug-likeness (QED) is 0.698. The number of nitrogens with zero attached hydrogens (tertiary/aromatic N) is 3. The normalized spacial score (nSPS) is 23.1. The summed E-state index contributed by atoms with van der Waals surface area (Å²) < 4.78 is 0. The average Bonchev–Trinajstić information content (AvgIpc) is 2.50. The number of aliphatic hydroxyl groups is 1. The Kier molecular flexibility index (Phi) is 7.08. The fourth-order valence-electron chi connectivity index (χ4n) is 3.35. The molecule has 0 atom stereocenters. The summed E-state index contributed by atoms with van der Waals surface area (Å²) in [6, 6.07) is 0.949. The zero-order chi connectivity index (χ0) is 15.9. The Morgan fingerprint density at radius 1 is 1.09 bits per heavy atom. The lowest BCUT2D eigenvalue weighted by molar-refractivity contribution is -0.123. The van der Waals surface area contributed by atoms with E-state index in [2.05, 4.69) is 33.9 Å². The maximum atomic E-state index is 12.2. The summed E-state index contributed by atoms with van der Waals surface area (Å²) in [4.78, 5) is 19.1. The highest BCUT2D eigenvalue weighted by molar-refractivity contribution is 5.78. The minimum Gasteiger partial charge on any atom is -0.395 e. The number of hydrogen-bond acceptors (Lipinski definition) is 5. The molecule has 0 aromatic carbocycles. The first-order chi connectivity index (χ1) is 10.6. The molecule has 0 aromatic rings. The average molecular weight is 312 g/mol. The fraction of sp³-hybridized carbons (Fsp3) is 0.938. The van der Waals surface area contributed by atoms with Crippen molar-refractivity contribution in [2.75, 3.05) is 59.0 Å². The number of β-amino-alcohol motifs (C(OH)–C–C–N with tert-alkyl or cyclic N) is 1. The smallest absolute Gasteiger partial charge is 0.234 e. The second-order valence-corrected chi connectivity index (χ2v) is 6.81. The van der Waals surface area contributed by atoms with E-state index in [4.69, 9.17) is 5.11 Å². The van der Waals surface area contributed by atoms with Gasteiger partial charge in [0.05, 0.1) is 13.2 Å². The zero-order valence-electron chi connectivity index (χ0n) is 14.1. The van der Waals surface area contributed by atoms with E-state index >= 15 is 0 Å². The van der Waals surface area contributed by atoms with Crippen molar-refractivity contribution in [1.82, 2.24) is 20.0 Å². The molecule has 0 unspecified atom stereocenters. The zero-order valence-corrected chi connectivity index (χ0v) is 14.1. The highest BCUT2D eigenvalue weighted by Gasteiger charge is 2.23. The number of rotatable bonds is 6. The van der Waals surface area contributed by atoms with E-state index in [0.717, 1.165) is 58.7 Å². The number of nitrogens with one attached hydrogen (secondary N) is 1. The lowest BCUT2D eigenvalue weighted by Crippen LogP contribution is -2.52. The van der Waals surface area contributed by atoms with Crippen LogP contribution in [0, 0.1) is 0 Å². The molecular formula is C16H32N4O2. The molecule has 2 aliphatic heterocycles. The first-order valence-corrected chi connectivity index (χ1v) is 8.67. The molecule has 2 N–H and O–H groups in total. The van der Waals surface area contributed by atoms with Crippen LogP contribution in [0.15, 0.2) is 0 Å². The predicted octanol–water partition coefficient (Wildman–Crippen LogP) is -0.415. The van der Waals surface area contributed by atoms with Crippen LogP contribution in [0.25, 0.3) is 0 Å². The Morgan fingerprint density at radius 3 is 2.23 bits per heavy atom. The molecule has 0 spiro atoms. The fourth-order valence-corrected chi connectivity index (χ4v) is 3.35.